The number of hydrogen-bond acceptors (Lipinski definition) is 6. The largest absolute Gasteiger partial charge is 0.462 e. The summed E-state index contributed by atoms with van der Waals surface area (Å²) in [5.41, 5.74) is 0. The molecule has 0 radical (unpaired) electrons. The van der Waals surface area contributed by atoms with E-state index in [1.807, 2.05) is 13.8 Å². The molecule has 9 unspecified atom stereocenters. The topological polar surface area (TPSA) is 81.0 Å². The van der Waals surface area contributed by atoms with Gasteiger partial charge in [-0.3, -0.25) is 9.59 Å². The summed E-state index contributed by atoms with van der Waals surface area (Å²) in [4.78, 5) is 21.7. The average Bonchev–Trinajstić information content (AvgIpc) is 3.88. The molecule has 2 aliphatic carbocycles. The molecule has 0 aromatic carbocycles. The monoisotopic (exact) mass is 863 g/mol. The lowest BCUT2D eigenvalue weighted by atomic mass is 9.88. The molecule has 3 heterocycles. The van der Waals surface area contributed by atoms with Gasteiger partial charge in [0, 0.05) is 12.8 Å². The molecule has 6 heteroatoms. The zero-order valence-electron chi connectivity index (χ0n) is 28.8. The van der Waals surface area contributed by atoms with Crippen LogP contribution in [0.15, 0.2) is 25.3 Å². The molecule has 59 heavy (non-hydrogen) atoms. The molecule has 9 atom stereocenters. The van der Waals surface area contributed by atoms with Crippen molar-refractivity contribution in [2.45, 2.75) is 294 Å². The summed E-state index contributed by atoms with van der Waals surface area (Å²) in [6, 6.07) is 0. The molecule has 0 aromatic rings. The molecular formula is C53H130O6. The lowest BCUT2D eigenvalue weighted by Crippen LogP contribution is -2.14. The number of carbonyl (C=O) groups is 2. The van der Waals surface area contributed by atoms with Crippen LogP contribution >= 0.6 is 0 Å². The second kappa shape index (κ2) is 63.1. The number of carbonyl (C=O) groups excluding carboxylic acids is 2. The number of ketones is 1. The van der Waals surface area contributed by atoms with E-state index >= 15 is 0 Å². The molecule has 2 saturated carbocycles. The molecule has 3 saturated heterocycles. The predicted molar refractivity (Wildman–Crippen MR) is 285 cm³/mol. The first-order chi connectivity index (χ1) is 20.6. The van der Waals surface area contributed by atoms with Crippen LogP contribution < -0.4 is 0 Å². The molecule has 5 fully saturated rings. The van der Waals surface area contributed by atoms with Gasteiger partial charge in [0.25, 0.3) is 0 Å². The summed E-state index contributed by atoms with van der Waals surface area (Å²) in [5.74, 6) is 2.54. The molecule has 0 aromatic heterocycles. The van der Waals surface area contributed by atoms with E-state index in [4.69, 9.17) is 18.9 Å². The fourth-order valence-corrected chi connectivity index (χ4v) is 5.40. The van der Waals surface area contributed by atoms with Gasteiger partial charge >= 0.3 is 5.97 Å². The van der Waals surface area contributed by atoms with E-state index < -0.39 is 0 Å². The van der Waals surface area contributed by atoms with Crippen molar-refractivity contribution in [3.05, 3.63) is 25.3 Å². The molecule has 0 spiro atoms. The maximum absolute atomic E-state index is 10.9. The first kappa shape index (κ1) is 107. The molecule has 3 aliphatic heterocycles. The minimum Gasteiger partial charge on any atom is -0.462 e. The lowest BCUT2D eigenvalue weighted by Gasteiger charge is -2.15. The quantitative estimate of drug-likeness (QED) is 0.110. The van der Waals surface area contributed by atoms with Gasteiger partial charge < -0.3 is 18.9 Å². The molecule has 0 N–H and O–H groups in total. The van der Waals surface area contributed by atoms with Gasteiger partial charge in [-0.1, -0.05) is 198 Å². The Hall–Kier alpha value is -1.50. The zero-order valence-corrected chi connectivity index (χ0v) is 28.8. The number of rotatable bonds is 12. The van der Waals surface area contributed by atoms with E-state index in [1.54, 1.807) is 12.2 Å². The van der Waals surface area contributed by atoms with E-state index in [-0.39, 0.29) is 131 Å². The summed E-state index contributed by atoms with van der Waals surface area (Å²) < 4.78 is 20.7. The molecule has 0 bridgehead atoms. The maximum Gasteiger partial charge on any atom is 0.309 e. The summed E-state index contributed by atoms with van der Waals surface area (Å²) >= 11 is 0. The number of esters is 1. The van der Waals surface area contributed by atoms with Crippen molar-refractivity contribution in [2.24, 2.45) is 17.8 Å². The molecule has 0 amide bonds. The minimum atomic E-state index is -0.190. The fourth-order valence-electron chi connectivity index (χ4n) is 5.40. The second-order valence-corrected chi connectivity index (χ2v) is 12.9. The second-order valence-electron chi connectivity index (χ2n) is 12.9. The van der Waals surface area contributed by atoms with Crippen LogP contribution in [0.1, 0.15) is 257 Å². The molecule has 5 aliphatic rings. The van der Waals surface area contributed by atoms with Gasteiger partial charge in [0.05, 0.1) is 49.7 Å². The van der Waals surface area contributed by atoms with Crippen LogP contribution in [0.25, 0.3) is 0 Å². The number of hydrogen-bond donors (Lipinski definition) is 0. The van der Waals surface area contributed by atoms with Gasteiger partial charge in [-0.25, -0.2) is 0 Å². The van der Waals surface area contributed by atoms with Gasteiger partial charge in [-0.15, -0.1) is 13.2 Å². The van der Waals surface area contributed by atoms with E-state index in [1.165, 1.54) is 57.8 Å². The van der Waals surface area contributed by atoms with Crippen molar-refractivity contribution >= 4 is 11.8 Å². The third kappa shape index (κ3) is 52.6. The van der Waals surface area contributed by atoms with Gasteiger partial charge in [0.15, 0.2) is 0 Å². The number of fused-ring (bicyclic) bond motifs is 2. The Morgan fingerprint density at radius 2 is 1.14 bits per heavy atom. The van der Waals surface area contributed by atoms with Crippen LogP contribution in [0.2, 0.25) is 0 Å². The Kier molecular flexibility index (Phi) is 114. The van der Waals surface area contributed by atoms with E-state index in [9.17, 15) is 9.59 Å². The molecule has 5 rings (SSSR count). The Morgan fingerprint density at radius 1 is 0.627 bits per heavy atom. The van der Waals surface area contributed by atoms with E-state index in [0.29, 0.717) is 61.5 Å². The van der Waals surface area contributed by atoms with Crippen molar-refractivity contribution in [3.8, 4) is 0 Å². The van der Waals surface area contributed by atoms with Crippen molar-refractivity contribution in [1.82, 2.24) is 0 Å². The van der Waals surface area contributed by atoms with Crippen molar-refractivity contribution < 1.29 is 28.5 Å². The van der Waals surface area contributed by atoms with Crippen molar-refractivity contribution in [3.63, 3.8) is 0 Å². The SMILES string of the molecule is C.C.C.C.C.C.C.C.C.C.C.C.C.C.C.C.C=CCC(=O)CC(C)CC.C=CCC(=O)OC(C)CC.CCC1CCC2OC2C1.CCC1CCCC2OC12.CCC1CO1. The first-order valence-electron chi connectivity index (χ1n) is 17.5. The highest BCUT2D eigenvalue weighted by molar-refractivity contribution is 5.79. The lowest BCUT2D eigenvalue weighted by molar-refractivity contribution is -0.147. The van der Waals surface area contributed by atoms with Crippen LogP contribution in [0.3, 0.4) is 0 Å². The van der Waals surface area contributed by atoms with Gasteiger partial charge in [0.2, 0.25) is 0 Å². The fraction of sp³-hybridized carbons (Fsp3) is 0.887. The van der Waals surface area contributed by atoms with Crippen molar-refractivity contribution in [2.75, 3.05) is 6.61 Å². The average molecular weight is 864 g/mol. The zero-order chi connectivity index (χ0) is 32.2. The molecule has 378 valence electrons. The highest BCUT2D eigenvalue weighted by atomic mass is 16.6. The predicted octanol–water partition coefficient (Wildman–Crippen LogP) is 19.4. The van der Waals surface area contributed by atoms with Gasteiger partial charge in [-0.2, -0.15) is 0 Å². The van der Waals surface area contributed by atoms with Crippen molar-refractivity contribution in [1.29, 1.82) is 0 Å². The Bertz CT molecular complexity index is 750. The maximum atomic E-state index is 10.9. The van der Waals surface area contributed by atoms with E-state index in [0.717, 1.165) is 31.3 Å². The van der Waals surface area contributed by atoms with Crippen LogP contribution in [-0.2, 0) is 28.5 Å². The Labute approximate surface area is 382 Å². The van der Waals surface area contributed by atoms with Crippen LogP contribution in [0.5, 0.6) is 0 Å². The van der Waals surface area contributed by atoms with E-state index in [2.05, 4.69) is 47.8 Å². The number of epoxide rings is 3. The van der Waals surface area contributed by atoms with Gasteiger partial charge in [0.1, 0.15) is 5.78 Å². The first-order valence-corrected chi connectivity index (χ1v) is 17.5. The highest BCUT2D eigenvalue weighted by Gasteiger charge is 2.46. The van der Waals surface area contributed by atoms with Crippen LogP contribution in [-0.4, -0.2) is 55.0 Å². The molecule has 6 nitrogen and oxygen atoms in total. The summed E-state index contributed by atoms with van der Waals surface area (Å²) in [5, 5.41) is 0. The number of Topliss-reactive ketones (excluding diaryl/α,β-unsaturated/α-hetero) is 1. The summed E-state index contributed by atoms with van der Waals surface area (Å²) in [6.07, 6.45) is 22.2. The van der Waals surface area contributed by atoms with Crippen LogP contribution in [0, 0.1) is 17.8 Å². The third-order valence-corrected chi connectivity index (χ3v) is 9.09. The van der Waals surface area contributed by atoms with Crippen LogP contribution in [0.4, 0.5) is 0 Å². The highest BCUT2D eigenvalue weighted by Crippen LogP contribution is 2.42. The number of ether oxygens (including phenoxy) is 4. The summed E-state index contributed by atoms with van der Waals surface area (Å²) in [7, 11) is 0. The molecular weight excluding hydrogens is 733 g/mol. The summed E-state index contributed by atoms with van der Waals surface area (Å²) in [6.45, 7) is 22.7. The normalized spacial score (nSPS) is 21.8. The Balaban J connectivity index is -0.0000000264. The Morgan fingerprint density at radius 3 is 1.47 bits per heavy atom. The third-order valence-electron chi connectivity index (χ3n) is 9.09. The standard InChI is InChI=1S/C9H16O.C8H14O2.2C8H14O.C4H8O.16CH4/c1-4-6-9(10)7-8(3)5-2;1-4-6-8(9)10-7(3)5-2;1-2-6-3-4-7-8(5-6)9-7;1-2-6-4-3-5-7-8(6)9-7;1-2-4-3-5-4;;;;;;;;;;;;;;;;/h4,8H,1,5-7H2,2-3H3;4,7H,1,5-6H2,2-3H3;2*6-8H,2-5H2,1H3;4H,2-3H2,1H3;16*1H4. The minimum absolute atomic E-state index is 0. The smallest absolute Gasteiger partial charge is 0.309 e. The number of allylic oxidation sites excluding steroid dienone is 1. The van der Waals surface area contributed by atoms with Gasteiger partial charge in [-0.05, 0) is 69.6 Å².